The summed E-state index contributed by atoms with van der Waals surface area (Å²) in [4.78, 5) is 89.0. The number of carbonyl (C=O) groups is 3. The lowest BCUT2D eigenvalue weighted by molar-refractivity contribution is -0.137. The summed E-state index contributed by atoms with van der Waals surface area (Å²) in [5.74, 6) is -1.54. The van der Waals surface area contributed by atoms with Gasteiger partial charge in [-0.3, -0.25) is 32.5 Å². The van der Waals surface area contributed by atoms with Crippen molar-refractivity contribution in [1.82, 2.24) is 30.2 Å². The number of amides is 2. The molecule has 0 aliphatic carbocycles. The van der Waals surface area contributed by atoms with E-state index in [4.69, 9.17) is 19.5 Å². The van der Waals surface area contributed by atoms with Gasteiger partial charge in [0.05, 0.1) is 25.5 Å². The van der Waals surface area contributed by atoms with Crippen molar-refractivity contribution in [3.8, 4) is 11.1 Å². The Kier molecular flexibility index (Phi) is 17.2. The summed E-state index contributed by atoms with van der Waals surface area (Å²) in [6.45, 7) is 2.24. The molecule has 0 spiro atoms. The van der Waals surface area contributed by atoms with Crippen LogP contribution >= 0.6 is 35.2 Å². The smallest absolute Gasteiger partial charge is 0.386 e. The number of imidazole rings is 1. The molecule has 8 atom stereocenters. The van der Waals surface area contributed by atoms with Gasteiger partial charge >= 0.3 is 23.5 Å². The molecule has 24 nitrogen and oxygen atoms in total. The Morgan fingerprint density at radius 1 is 0.938 bits per heavy atom. The number of hydrogen-bond acceptors (Lipinski definition) is 18. The molecule has 10 N–H and O–H groups in total. The minimum Gasteiger partial charge on any atom is -0.386 e. The SMILES string of the molecule is CC(C(=O)SCCNC(=O)CCNC(=O)C(O)C(C)(C)COP(=O)(O)OP(=O)(O)OCC1OC(n2cnc3c(N)ncnc32)C(O)C1OP(=O)(O)O)c1ccc(-c2ccccc2)cc1. The number of nitrogens with two attached hydrogens (primary N) is 1. The van der Waals surface area contributed by atoms with Crippen LogP contribution in [-0.4, -0.2) is 123 Å². The number of aromatic nitrogens is 4. The molecule has 8 unspecified atom stereocenters. The molecule has 1 aliphatic rings. The first-order valence-corrected chi connectivity index (χ1v) is 24.7. The van der Waals surface area contributed by atoms with Gasteiger partial charge in [-0.15, -0.1) is 0 Å². The number of phosphoric acid groups is 3. The molecule has 4 aromatic rings. The second kappa shape index (κ2) is 21.5. The third-order valence-electron chi connectivity index (χ3n) is 9.62. The van der Waals surface area contributed by atoms with Crippen LogP contribution in [0.1, 0.15) is 44.9 Å². The van der Waals surface area contributed by atoms with Crippen LogP contribution in [0.5, 0.6) is 0 Å². The first kappa shape index (κ1) is 51.0. The second-order valence-corrected chi connectivity index (χ2v) is 20.3. The number of aliphatic hydroxyl groups is 2. The van der Waals surface area contributed by atoms with Gasteiger partial charge in [0.1, 0.15) is 36.3 Å². The molecule has 64 heavy (non-hydrogen) atoms. The number of aliphatic hydroxyl groups excluding tert-OH is 2. The summed E-state index contributed by atoms with van der Waals surface area (Å²) in [7, 11) is -16.4. The molecule has 5 rings (SSSR count). The highest BCUT2D eigenvalue weighted by Gasteiger charge is 2.50. The first-order valence-electron chi connectivity index (χ1n) is 19.2. The summed E-state index contributed by atoms with van der Waals surface area (Å²) in [5.41, 5.74) is 7.21. The molecule has 0 radical (unpaired) electrons. The predicted molar refractivity (Wildman–Crippen MR) is 227 cm³/mol. The number of nitrogens with zero attached hydrogens (tertiary/aromatic N) is 4. The zero-order chi connectivity index (χ0) is 47.0. The van der Waals surface area contributed by atoms with Crippen LogP contribution in [0.3, 0.4) is 0 Å². The number of fused-ring (bicyclic) bond motifs is 1. The quantitative estimate of drug-likeness (QED) is 0.0402. The van der Waals surface area contributed by atoms with E-state index in [2.05, 4.69) is 34.4 Å². The summed E-state index contributed by atoms with van der Waals surface area (Å²) in [6, 6.07) is 17.6. The fourth-order valence-corrected chi connectivity index (χ4v) is 9.76. The third-order valence-corrected chi connectivity index (χ3v) is 13.8. The third kappa shape index (κ3) is 14.0. The molecule has 350 valence electrons. The van der Waals surface area contributed by atoms with Crippen molar-refractivity contribution in [2.75, 3.05) is 37.8 Å². The predicted octanol–water partition coefficient (Wildman–Crippen LogP) is 2.14. The van der Waals surface area contributed by atoms with Gasteiger partial charge in [0.25, 0.3) is 0 Å². The van der Waals surface area contributed by atoms with Crippen molar-refractivity contribution in [3.63, 3.8) is 0 Å². The topological polar surface area (TPSA) is 364 Å². The zero-order valence-electron chi connectivity index (χ0n) is 34.3. The van der Waals surface area contributed by atoms with E-state index in [-0.39, 0.29) is 47.5 Å². The molecular formula is C36H48N7O17P3S. The van der Waals surface area contributed by atoms with Crippen LogP contribution in [0.2, 0.25) is 0 Å². The van der Waals surface area contributed by atoms with E-state index >= 15 is 0 Å². The molecule has 2 aromatic heterocycles. The second-order valence-electron chi connectivity index (χ2n) is 14.9. The van der Waals surface area contributed by atoms with Gasteiger partial charge in [0.2, 0.25) is 11.8 Å². The van der Waals surface area contributed by atoms with Gasteiger partial charge in [-0.25, -0.2) is 28.6 Å². The highest BCUT2D eigenvalue weighted by Crippen LogP contribution is 2.61. The summed E-state index contributed by atoms with van der Waals surface area (Å²) in [6.07, 6.45) is -6.97. The maximum atomic E-state index is 12.8. The number of benzene rings is 2. The maximum absolute atomic E-state index is 12.8. The minimum atomic E-state index is -5.59. The van der Waals surface area contributed by atoms with Crippen LogP contribution in [0.4, 0.5) is 5.82 Å². The lowest BCUT2D eigenvalue weighted by Crippen LogP contribution is -2.46. The first-order chi connectivity index (χ1) is 30.0. The van der Waals surface area contributed by atoms with Gasteiger partial charge in [-0.05, 0) is 16.7 Å². The average molecular weight is 976 g/mol. The number of nitrogen functional groups attached to an aromatic ring is 1. The fourth-order valence-electron chi connectivity index (χ4n) is 6.14. The molecule has 1 aliphatic heterocycles. The lowest BCUT2D eigenvalue weighted by Gasteiger charge is -2.30. The van der Waals surface area contributed by atoms with Crippen LogP contribution in [0.15, 0.2) is 67.3 Å². The lowest BCUT2D eigenvalue weighted by atomic mass is 9.87. The van der Waals surface area contributed by atoms with Crippen molar-refractivity contribution in [2.24, 2.45) is 5.41 Å². The number of hydrogen-bond donors (Lipinski definition) is 9. The Balaban J connectivity index is 1.02. The number of carbonyl (C=O) groups excluding carboxylic acids is 3. The molecule has 1 saturated heterocycles. The number of nitrogens with one attached hydrogen (secondary N) is 2. The van der Waals surface area contributed by atoms with Gasteiger partial charge in [-0.2, -0.15) is 4.31 Å². The highest BCUT2D eigenvalue weighted by molar-refractivity contribution is 8.13. The van der Waals surface area contributed by atoms with Crippen molar-refractivity contribution in [3.05, 3.63) is 72.8 Å². The van der Waals surface area contributed by atoms with Crippen LogP contribution in [0.25, 0.3) is 22.3 Å². The van der Waals surface area contributed by atoms with E-state index in [9.17, 15) is 57.9 Å². The Morgan fingerprint density at radius 2 is 1.59 bits per heavy atom. The molecule has 0 bridgehead atoms. The largest absolute Gasteiger partial charge is 0.481 e. The van der Waals surface area contributed by atoms with Crippen LogP contribution < -0.4 is 16.4 Å². The van der Waals surface area contributed by atoms with Crippen molar-refractivity contribution in [2.45, 2.75) is 63.8 Å². The van der Waals surface area contributed by atoms with Gasteiger partial charge in [-0.1, -0.05) is 87.1 Å². The fraction of sp³-hybridized carbons (Fsp3) is 0.444. The normalized spacial score (nSPS) is 20.8. The Labute approximate surface area is 369 Å². The molecule has 2 aromatic carbocycles. The van der Waals surface area contributed by atoms with Crippen LogP contribution in [-0.2, 0) is 50.7 Å². The number of rotatable bonds is 22. The van der Waals surface area contributed by atoms with Crippen LogP contribution in [0, 0.1) is 5.41 Å². The van der Waals surface area contributed by atoms with Crippen molar-refractivity contribution >= 4 is 69.1 Å². The molecule has 3 heterocycles. The zero-order valence-corrected chi connectivity index (χ0v) is 37.8. The number of anilines is 1. The standard InChI is InChI=1S/C36H48N7O17P3S/c1-21(22-9-11-24(12-10-22)23-7-5-4-6-8-23)35(48)64-16-15-38-26(44)13-14-39-33(47)30(46)36(2,3)18-57-63(54,55)60-62(52,53)56-17-25-29(59-61(49,50)51)28(45)34(58-25)43-20-42-27-31(37)40-19-41-32(27)43/h4-12,19-21,25,28-30,34,45-46H,13-18H2,1-3H3,(H,38,44)(H,39,47)(H,52,53)(H,54,55)(H2,37,40,41)(H2,49,50,51). The Hall–Kier alpha value is -4.00. The van der Waals surface area contributed by atoms with Crippen molar-refractivity contribution < 1.29 is 80.5 Å². The monoisotopic (exact) mass is 975 g/mol. The summed E-state index contributed by atoms with van der Waals surface area (Å²) in [5, 5.41) is 26.5. The van der Waals surface area contributed by atoms with Gasteiger partial charge in [0, 0.05) is 30.7 Å². The van der Waals surface area contributed by atoms with E-state index in [1.54, 1.807) is 6.92 Å². The van der Waals surface area contributed by atoms with E-state index in [0.717, 1.165) is 45.7 Å². The molecular weight excluding hydrogens is 927 g/mol. The number of phosphoric ester groups is 3. The average Bonchev–Trinajstić information content (AvgIpc) is 3.80. The summed E-state index contributed by atoms with van der Waals surface area (Å²) < 4.78 is 62.4. The molecule has 1 fully saturated rings. The molecule has 28 heteroatoms. The molecule has 0 saturated carbocycles. The van der Waals surface area contributed by atoms with Crippen molar-refractivity contribution in [1.29, 1.82) is 0 Å². The Morgan fingerprint density at radius 3 is 2.27 bits per heavy atom. The molecule has 2 amide bonds. The van der Waals surface area contributed by atoms with E-state index in [1.165, 1.54) is 13.8 Å². The number of ether oxygens (including phenoxy) is 1. The Bertz CT molecular complexity index is 2410. The summed E-state index contributed by atoms with van der Waals surface area (Å²) >= 11 is 1.07. The highest BCUT2D eigenvalue weighted by atomic mass is 32.2. The van der Waals surface area contributed by atoms with Gasteiger partial charge in [0.15, 0.2) is 22.8 Å². The van der Waals surface area contributed by atoms with E-state index in [0.29, 0.717) is 5.75 Å². The van der Waals surface area contributed by atoms with E-state index in [1.807, 2.05) is 54.6 Å². The van der Waals surface area contributed by atoms with Gasteiger partial charge < -0.3 is 50.9 Å². The van der Waals surface area contributed by atoms with E-state index < -0.39 is 84.6 Å². The maximum Gasteiger partial charge on any atom is 0.481 e. The number of thioether (sulfide) groups is 1. The minimum absolute atomic E-state index is 0.0281.